The van der Waals surface area contributed by atoms with Crippen molar-refractivity contribution in [2.24, 2.45) is 7.05 Å². The van der Waals surface area contributed by atoms with E-state index >= 15 is 0 Å². The van der Waals surface area contributed by atoms with Crippen LogP contribution in [-0.4, -0.2) is 22.4 Å². The molecule has 1 aromatic heterocycles. The Morgan fingerprint density at radius 1 is 1.35 bits per heavy atom. The maximum absolute atomic E-state index is 6.25. The average Bonchev–Trinajstić information content (AvgIpc) is 3.25. The predicted octanol–water partition coefficient (Wildman–Crippen LogP) is 3.15. The number of halogens is 1. The van der Waals surface area contributed by atoms with Crippen LogP contribution in [0.1, 0.15) is 30.0 Å². The molecule has 0 radical (unpaired) electrons. The van der Waals surface area contributed by atoms with Gasteiger partial charge in [-0.05, 0) is 24.8 Å². The van der Waals surface area contributed by atoms with E-state index in [0.717, 1.165) is 29.7 Å². The first-order valence-corrected chi connectivity index (χ1v) is 7.56. The van der Waals surface area contributed by atoms with E-state index < -0.39 is 0 Å². The number of hydrogen-bond donors (Lipinski definition) is 1. The summed E-state index contributed by atoms with van der Waals surface area (Å²) in [7, 11) is 1.96. The van der Waals surface area contributed by atoms with Gasteiger partial charge in [-0.2, -0.15) is 5.10 Å². The molecule has 1 heterocycles. The fourth-order valence-corrected chi connectivity index (χ4v) is 2.77. The van der Waals surface area contributed by atoms with E-state index in [1.54, 1.807) is 6.20 Å². The molecule has 1 fully saturated rings. The van der Waals surface area contributed by atoms with Gasteiger partial charge in [-0.3, -0.25) is 4.68 Å². The minimum atomic E-state index is 0.435. The minimum Gasteiger partial charge on any atom is -0.313 e. The van der Waals surface area contributed by atoms with E-state index in [0.29, 0.717) is 5.92 Å². The molecule has 106 valence electrons. The van der Waals surface area contributed by atoms with Gasteiger partial charge < -0.3 is 5.32 Å². The van der Waals surface area contributed by atoms with Crippen LogP contribution >= 0.6 is 11.6 Å². The Morgan fingerprint density at radius 3 is 2.70 bits per heavy atom. The molecule has 1 atom stereocenters. The normalized spacial score (nSPS) is 16.3. The summed E-state index contributed by atoms with van der Waals surface area (Å²) in [5.74, 6) is 0.435. The smallest absolute Gasteiger partial charge is 0.0817 e. The first-order chi connectivity index (χ1) is 9.74. The largest absolute Gasteiger partial charge is 0.313 e. The molecule has 0 amide bonds. The second kappa shape index (κ2) is 5.98. The van der Waals surface area contributed by atoms with Crippen LogP contribution in [0.15, 0.2) is 36.5 Å². The molecule has 1 aliphatic rings. The summed E-state index contributed by atoms with van der Waals surface area (Å²) in [5.41, 5.74) is 2.47. The van der Waals surface area contributed by atoms with Gasteiger partial charge >= 0.3 is 0 Å². The SMILES string of the molecule is Cn1ncc(Cl)c1CC(CNC1CC1)c1ccccc1. The van der Waals surface area contributed by atoms with Gasteiger partial charge in [0.2, 0.25) is 0 Å². The Hall–Kier alpha value is -1.32. The highest BCUT2D eigenvalue weighted by atomic mass is 35.5. The highest BCUT2D eigenvalue weighted by molar-refractivity contribution is 6.31. The standard InChI is InChI=1S/C16H20ClN3/c1-20-16(15(17)11-19-20)9-13(10-18-14-7-8-14)12-5-3-2-4-6-12/h2-6,11,13-14,18H,7-10H2,1H3. The van der Waals surface area contributed by atoms with Gasteiger partial charge in [0.05, 0.1) is 16.9 Å². The van der Waals surface area contributed by atoms with Crippen LogP contribution in [0, 0.1) is 0 Å². The number of aryl methyl sites for hydroxylation is 1. The van der Waals surface area contributed by atoms with E-state index in [2.05, 4.69) is 40.7 Å². The average molecular weight is 290 g/mol. The van der Waals surface area contributed by atoms with E-state index in [9.17, 15) is 0 Å². The molecule has 1 aromatic carbocycles. The Labute approximate surface area is 124 Å². The van der Waals surface area contributed by atoms with Crippen LogP contribution in [0.2, 0.25) is 5.02 Å². The third-order valence-electron chi connectivity index (χ3n) is 3.95. The quantitative estimate of drug-likeness (QED) is 0.885. The molecule has 1 N–H and O–H groups in total. The molecule has 2 aromatic rings. The van der Waals surface area contributed by atoms with Gasteiger partial charge in [0, 0.05) is 25.6 Å². The Balaban J connectivity index is 1.77. The topological polar surface area (TPSA) is 29.9 Å². The number of benzene rings is 1. The van der Waals surface area contributed by atoms with Gasteiger partial charge in [0.25, 0.3) is 0 Å². The van der Waals surface area contributed by atoms with Crippen molar-refractivity contribution in [3.63, 3.8) is 0 Å². The van der Waals surface area contributed by atoms with Crippen molar-refractivity contribution in [2.45, 2.75) is 31.2 Å². The molecule has 1 saturated carbocycles. The van der Waals surface area contributed by atoms with Gasteiger partial charge in [-0.1, -0.05) is 41.9 Å². The van der Waals surface area contributed by atoms with Gasteiger partial charge in [-0.25, -0.2) is 0 Å². The number of nitrogens with zero attached hydrogens (tertiary/aromatic N) is 2. The summed E-state index contributed by atoms with van der Waals surface area (Å²) in [6.45, 7) is 0.996. The van der Waals surface area contributed by atoms with Crippen molar-refractivity contribution in [1.29, 1.82) is 0 Å². The first kappa shape index (κ1) is 13.7. The lowest BCUT2D eigenvalue weighted by molar-refractivity contribution is 0.557. The van der Waals surface area contributed by atoms with Gasteiger partial charge in [0.1, 0.15) is 0 Å². The Kier molecular flexibility index (Phi) is 4.08. The highest BCUT2D eigenvalue weighted by Crippen LogP contribution is 2.26. The third-order valence-corrected chi connectivity index (χ3v) is 4.27. The highest BCUT2D eigenvalue weighted by Gasteiger charge is 2.23. The summed E-state index contributed by atoms with van der Waals surface area (Å²) in [6.07, 6.45) is 5.27. The molecule has 4 heteroatoms. The van der Waals surface area contributed by atoms with Gasteiger partial charge in [-0.15, -0.1) is 0 Å². The van der Waals surface area contributed by atoms with Crippen LogP contribution in [0.3, 0.4) is 0 Å². The fourth-order valence-electron chi connectivity index (χ4n) is 2.53. The van der Waals surface area contributed by atoms with Crippen molar-refractivity contribution in [2.75, 3.05) is 6.54 Å². The van der Waals surface area contributed by atoms with Crippen molar-refractivity contribution >= 4 is 11.6 Å². The molecular weight excluding hydrogens is 270 g/mol. The Bertz CT molecular complexity index is 541. The fraction of sp³-hybridized carbons (Fsp3) is 0.438. The molecule has 1 aliphatic carbocycles. The lowest BCUT2D eigenvalue weighted by Crippen LogP contribution is -2.25. The van der Waals surface area contributed by atoms with Gasteiger partial charge in [0.15, 0.2) is 0 Å². The summed E-state index contributed by atoms with van der Waals surface area (Å²) < 4.78 is 1.88. The van der Waals surface area contributed by atoms with Crippen LogP contribution in [-0.2, 0) is 13.5 Å². The van der Waals surface area contributed by atoms with Crippen LogP contribution in [0.4, 0.5) is 0 Å². The maximum Gasteiger partial charge on any atom is 0.0817 e. The lowest BCUT2D eigenvalue weighted by atomic mass is 9.94. The zero-order valence-electron chi connectivity index (χ0n) is 11.7. The van der Waals surface area contributed by atoms with E-state index in [4.69, 9.17) is 11.6 Å². The van der Waals surface area contributed by atoms with E-state index in [1.165, 1.54) is 18.4 Å². The van der Waals surface area contributed by atoms with Crippen LogP contribution < -0.4 is 5.32 Å². The summed E-state index contributed by atoms with van der Waals surface area (Å²) >= 11 is 6.25. The Morgan fingerprint density at radius 2 is 2.10 bits per heavy atom. The summed E-state index contributed by atoms with van der Waals surface area (Å²) in [5, 5.41) is 8.63. The molecule has 0 saturated heterocycles. The number of hydrogen-bond acceptors (Lipinski definition) is 2. The van der Waals surface area contributed by atoms with E-state index in [-0.39, 0.29) is 0 Å². The third kappa shape index (κ3) is 3.22. The maximum atomic E-state index is 6.25. The number of nitrogens with one attached hydrogen (secondary N) is 1. The zero-order chi connectivity index (χ0) is 13.9. The predicted molar refractivity (Wildman–Crippen MR) is 82.1 cm³/mol. The molecule has 3 nitrogen and oxygen atoms in total. The second-order valence-corrected chi connectivity index (χ2v) is 5.96. The summed E-state index contributed by atoms with van der Waals surface area (Å²) in [4.78, 5) is 0. The minimum absolute atomic E-state index is 0.435. The summed E-state index contributed by atoms with van der Waals surface area (Å²) in [6, 6.07) is 11.4. The molecular formula is C16H20ClN3. The first-order valence-electron chi connectivity index (χ1n) is 7.18. The molecule has 20 heavy (non-hydrogen) atoms. The molecule has 3 rings (SSSR count). The molecule has 1 unspecified atom stereocenters. The molecule has 0 spiro atoms. The van der Waals surface area contributed by atoms with Crippen molar-refractivity contribution in [3.05, 3.63) is 52.8 Å². The molecule has 0 bridgehead atoms. The van der Waals surface area contributed by atoms with Crippen LogP contribution in [0.25, 0.3) is 0 Å². The van der Waals surface area contributed by atoms with Crippen molar-refractivity contribution in [3.8, 4) is 0 Å². The van der Waals surface area contributed by atoms with Crippen molar-refractivity contribution < 1.29 is 0 Å². The molecule has 0 aliphatic heterocycles. The zero-order valence-corrected chi connectivity index (χ0v) is 12.5. The second-order valence-electron chi connectivity index (χ2n) is 5.56. The van der Waals surface area contributed by atoms with E-state index in [1.807, 2.05) is 11.7 Å². The number of rotatable bonds is 6. The van der Waals surface area contributed by atoms with Crippen molar-refractivity contribution in [1.82, 2.24) is 15.1 Å². The monoisotopic (exact) mass is 289 g/mol. The number of aromatic nitrogens is 2. The lowest BCUT2D eigenvalue weighted by Gasteiger charge is -2.18. The van der Waals surface area contributed by atoms with Crippen LogP contribution in [0.5, 0.6) is 0 Å².